The van der Waals surface area contributed by atoms with Crippen LogP contribution >= 0.6 is 11.8 Å². The molecule has 1 aromatic carbocycles. The molecule has 0 unspecified atom stereocenters. The molecular weight excluding hydrogens is 420 g/mol. The van der Waals surface area contributed by atoms with Gasteiger partial charge in [-0.05, 0) is 31.2 Å². The molecule has 0 atom stereocenters. The molecule has 0 aliphatic rings. The summed E-state index contributed by atoms with van der Waals surface area (Å²) in [5.74, 6) is 7.20. The van der Waals surface area contributed by atoms with Crippen molar-refractivity contribution in [2.45, 2.75) is 12.1 Å². The van der Waals surface area contributed by atoms with Crippen LogP contribution in [0.1, 0.15) is 12.5 Å². The Morgan fingerprint density at radius 3 is 2.61 bits per heavy atom. The van der Waals surface area contributed by atoms with E-state index >= 15 is 0 Å². The third-order valence-electron chi connectivity index (χ3n) is 4.09. The molecule has 2 heterocycles. The van der Waals surface area contributed by atoms with Gasteiger partial charge in [-0.2, -0.15) is 5.10 Å². The molecule has 11 nitrogen and oxygen atoms in total. The average Bonchev–Trinajstić information content (AvgIpc) is 3.15. The molecule has 0 saturated carbocycles. The van der Waals surface area contributed by atoms with Gasteiger partial charge in [0, 0.05) is 29.7 Å². The highest BCUT2D eigenvalue weighted by molar-refractivity contribution is 7.99. The van der Waals surface area contributed by atoms with Crippen LogP contribution in [0.2, 0.25) is 0 Å². The fourth-order valence-electron chi connectivity index (χ4n) is 2.48. The highest BCUT2D eigenvalue weighted by Crippen LogP contribution is 2.29. The number of hydrogen-bond donors (Lipinski definition) is 3. The second-order valence-corrected chi connectivity index (χ2v) is 7.07. The number of amides is 1. The number of thioether (sulfide) groups is 1. The summed E-state index contributed by atoms with van der Waals surface area (Å²) in [5, 5.41) is 15.3. The fraction of sp³-hybridized carbons (Fsp3) is 0.211. The second-order valence-electron chi connectivity index (χ2n) is 6.13. The van der Waals surface area contributed by atoms with Crippen molar-refractivity contribution in [1.82, 2.24) is 19.9 Å². The number of nitrogens with two attached hydrogens (primary N) is 1. The minimum Gasteiger partial charge on any atom is -0.493 e. The van der Waals surface area contributed by atoms with Gasteiger partial charge in [-0.25, -0.2) is 10.1 Å². The van der Waals surface area contributed by atoms with Crippen molar-refractivity contribution in [2.75, 3.05) is 36.6 Å². The molecular formula is C19H22N8O3S. The van der Waals surface area contributed by atoms with E-state index in [1.807, 2.05) is 19.1 Å². The van der Waals surface area contributed by atoms with E-state index in [9.17, 15) is 4.79 Å². The number of anilines is 2. The average molecular weight is 443 g/mol. The van der Waals surface area contributed by atoms with Gasteiger partial charge in [0.15, 0.2) is 11.5 Å². The van der Waals surface area contributed by atoms with Crippen molar-refractivity contribution >= 4 is 35.0 Å². The van der Waals surface area contributed by atoms with E-state index < -0.39 is 0 Å². The lowest BCUT2D eigenvalue weighted by molar-refractivity contribution is -0.113. The lowest BCUT2D eigenvalue weighted by atomic mass is 10.2. The Bertz CT molecular complexity index is 1070. The number of nitrogens with zero attached hydrogens (tertiary/aromatic N) is 5. The van der Waals surface area contributed by atoms with E-state index in [-0.39, 0.29) is 17.6 Å². The van der Waals surface area contributed by atoms with Crippen molar-refractivity contribution in [3.8, 4) is 11.5 Å². The first kappa shape index (κ1) is 21.9. The van der Waals surface area contributed by atoms with Gasteiger partial charge in [-0.15, -0.1) is 10.2 Å². The molecule has 3 rings (SSSR count). The summed E-state index contributed by atoms with van der Waals surface area (Å²) >= 11 is 1.14. The summed E-state index contributed by atoms with van der Waals surface area (Å²) in [5.41, 5.74) is 5.00. The summed E-state index contributed by atoms with van der Waals surface area (Å²) < 4.78 is 11.7. The SMILES string of the molecule is COc1ccc(NC(=O)CSc2nnc(N/N=C(\C)c3ccncc3)n2N)cc1OC. The predicted molar refractivity (Wildman–Crippen MR) is 119 cm³/mol. The summed E-state index contributed by atoms with van der Waals surface area (Å²) in [6, 6.07) is 8.79. The lowest BCUT2D eigenvalue weighted by Gasteiger charge is -2.10. The number of ether oxygens (including phenoxy) is 2. The minimum absolute atomic E-state index is 0.0863. The Morgan fingerprint density at radius 2 is 1.90 bits per heavy atom. The zero-order valence-corrected chi connectivity index (χ0v) is 18.0. The normalized spacial score (nSPS) is 11.1. The van der Waals surface area contributed by atoms with Crippen molar-refractivity contribution in [2.24, 2.45) is 5.10 Å². The van der Waals surface area contributed by atoms with E-state index in [1.54, 1.807) is 37.7 Å². The molecule has 4 N–H and O–H groups in total. The molecule has 0 radical (unpaired) electrons. The number of hydrogen-bond acceptors (Lipinski definition) is 10. The number of pyridine rings is 1. The highest BCUT2D eigenvalue weighted by Gasteiger charge is 2.13. The number of hydrazone groups is 1. The van der Waals surface area contributed by atoms with Crippen molar-refractivity contribution in [1.29, 1.82) is 0 Å². The maximum absolute atomic E-state index is 12.3. The quantitative estimate of drug-likeness (QED) is 0.196. The van der Waals surface area contributed by atoms with Crippen LogP contribution in [0.25, 0.3) is 0 Å². The Kier molecular flexibility index (Phi) is 7.27. The Balaban J connectivity index is 1.56. The number of nitrogens with one attached hydrogen (secondary N) is 2. The van der Waals surface area contributed by atoms with Crippen LogP contribution in [0.4, 0.5) is 11.6 Å². The highest BCUT2D eigenvalue weighted by atomic mass is 32.2. The van der Waals surface area contributed by atoms with E-state index in [2.05, 4.69) is 31.0 Å². The van der Waals surface area contributed by atoms with Gasteiger partial charge in [0.25, 0.3) is 5.95 Å². The van der Waals surface area contributed by atoms with Crippen LogP contribution in [-0.2, 0) is 4.79 Å². The first-order valence-corrected chi connectivity index (χ1v) is 10.1. The zero-order valence-electron chi connectivity index (χ0n) is 17.2. The number of rotatable bonds is 9. The molecule has 0 bridgehead atoms. The maximum Gasteiger partial charge on any atom is 0.264 e. The molecule has 0 spiro atoms. The number of methoxy groups -OCH3 is 2. The van der Waals surface area contributed by atoms with Crippen LogP contribution in [0.15, 0.2) is 53.0 Å². The van der Waals surface area contributed by atoms with E-state index in [1.165, 1.54) is 11.8 Å². The number of nitrogen functional groups attached to an aromatic ring is 1. The van der Waals surface area contributed by atoms with Crippen LogP contribution in [0, 0.1) is 0 Å². The monoisotopic (exact) mass is 442 g/mol. The lowest BCUT2D eigenvalue weighted by Crippen LogP contribution is -2.17. The zero-order chi connectivity index (χ0) is 22.2. The smallest absolute Gasteiger partial charge is 0.264 e. The minimum atomic E-state index is -0.235. The largest absolute Gasteiger partial charge is 0.493 e. The third kappa shape index (κ3) is 5.63. The van der Waals surface area contributed by atoms with Crippen LogP contribution in [0.3, 0.4) is 0 Å². The third-order valence-corrected chi connectivity index (χ3v) is 5.03. The van der Waals surface area contributed by atoms with Crippen LogP contribution < -0.4 is 26.1 Å². The molecule has 1 amide bonds. The topological polar surface area (TPSA) is 142 Å². The first-order chi connectivity index (χ1) is 15.0. The van der Waals surface area contributed by atoms with Gasteiger partial charge in [0.05, 0.1) is 25.7 Å². The summed E-state index contributed by atoms with van der Waals surface area (Å²) in [6.45, 7) is 1.84. The number of benzene rings is 1. The Morgan fingerprint density at radius 1 is 1.16 bits per heavy atom. The molecule has 0 saturated heterocycles. The summed E-state index contributed by atoms with van der Waals surface area (Å²) in [6.07, 6.45) is 3.36. The first-order valence-electron chi connectivity index (χ1n) is 9.07. The molecule has 2 aromatic heterocycles. The van der Waals surface area contributed by atoms with Crippen molar-refractivity contribution in [3.63, 3.8) is 0 Å². The fourth-order valence-corrected chi connectivity index (χ4v) is 3.14. The maximum atomic E-state index is 12.3. The Hall–Kier alpha value is -3.80. The van der Waals surface area contributed by atoms with Gasteiger partial charge in [-0.1, -0.05) is 11.8 Å². The second kappa shape index (κ2) is 10.3. The molecule has 12 heteroatoms. The van der Waals surface area contributed by atoms with E-state index in [0.29, 0.717) is 22.3 Å². The number of carbonyl (C=O) groups excluding carboxylic acids is 1. The van der Waals surface area contributed by atoms with Crippen molar-refractivity contribution in [3.05, 3.63) is 48.3 Å². The predicted octanol–water partition coefficient (Wildman–Crippen LogP) is 1.97. The molecule has 0 fully saturated rings. The van der Waals surface area contributed by atoms with Gasteiger partial charge >= 0.3 is 0 Å². The molecule has 0 aliphatic heterocycles. The van der Waals surface area contributed by atoms with Gasteiger partial charge in [0.2, 0.25) is 11.1 Å². The molecule has 162 valence electrons. The molecule has 3 aromatic rings. The van der Waals surface area contributed by atoms with Crippen LogP contribution in [-0.4, -0.2) is 51.4 Å². The Labute approximate surface area is 183 Å². The van der Waals surface area contributed by atoms with Crippen LogP contribution in [0.5, 0.6) is 11.5 Å². The van der Waals surface area contributed by atoms with Gasteiger partial charge in [-0.3, -0.25) is 9.78 Å². The van der Waals surface area contributed by atoms with Gasteiger partial charge < -0.3 is 20.6 Å². The van der Waals surface area contributed by atoms with E-state index in [4.69, 9.17) is 15.3 Å². The molecule has 0 aliphatic carbocycles. The van der Waals surface area contributed by atoms with Crippen molar-refractivity contribution < 1.29 is 14.3 Å². The summed E-state index contributed by atoms with van der Waals surface area (Å²) in [7, 11) is 3.08. The number of aromatic nitrogens is 4. The standard InChI is InChI=1S/C19H22N8O3S/c1-12(13-6-8-21-9-7-13)23-24-18-25-26-19(27(18)20)31-11-17(28)22-14-4-5-15(29-2)16(10-14)30-3/h4-10H,11,20H2,1-3H3,(H,22,28)(H,24,25)/b23-12+. The van der Waals surface area contributed by atoms with E-state index in [0.717, 1.165) is 23.0 Å². The number of carbonyl (C=O) groups is 1. The summed E-state index contributed by atoms with van der Waals surface area (Å²) in [4.78, 5) is 16.3. The molecule has 31 heavy (non-hydrogen) atoms. The van der Waals surface area contributed by atoms with Gasteiger partial charge in [0.1, 0.15) is 0 Å².